The van der Waals surface area contributed by atoms with Gasteiger partial charge in [0.1, 0.15) is 11.4 Å². The summed E-state index contributed by atoms with van der Waals surface area (Å²) in [5.74, 6) is -1.43. The van der Waals surface area contributed by atoms with E-state index >= 15 is 0 Å². The average Bonchev–Trinajstić information content (AvgIpc) is 3.43. The van der Waals surface area contributed by atoms with Gasteiger partial charge in [0.25, 0.3) is 0 Å². The predicted molar refractivity (Wildman–Crippen MR) is 126 cm³/mol. The Labute approximate surface area is 199 Å². The molecule has 0 amide bonds. The molecule has 6 nitrogen and oxygen atoms in total. The van der Waals surface area contributed by atoms with Crippen LogP contribution in [0.5, 0.6) is 0 Å². The lowest BCUT2D eigenvalue weighted by atomic mass is 9.85. The topological polar surface area (TPSA) is 80.0 Å². The first-order chi connectivity index (χ1) is 16.1. The maximum atomic E-state index is 13.1. The first-order valence-corrected chi connectivity index (χ1v) is 12.2. The summed E-state index contributed by atoms with van der Waals surface area (Å²) >= 11 is 1.50. The molecular formula is C24H27F3N4O2S. The van der Waals surface area contributed by atoms with Crippen LogP contribution in [0.25, 0.3) is 10.4 Å². The summed E-state index contributed by atoms with van der Waals surface area (Å²) in [6.45, 7) is 4.14. The number of nitrogens with one attached hydrogen (secondary N) is 1. The summed E-state index contributed by atoms with van der Waals surface area (Å²) in [6.07, 6.45) is -0.832. The second kappa shape index (κ2) is 9.77. The highest BCUT2D eigenvalue weighted by Crippen LogP contribution is 2.41. The van der Waals surface area contributed by atoms with Crippen LogP contribution < -0.4 is 5.32 Å². The van der Waals surface area contributed by atoms with Crippen LogP contribution in [0.3, 0.4) is 0 Å². The van der Waals surface area contributed by atoms with Gasteiger partial charge in [-0.2, -0.15) is 18.3 Å². The molecule has 0 aliphatic heterocycles. The van der Waals surface area contributed by atoms with Gasteiger partial charge in [0.15, 0.2) is 5.82 Å². The number of carboxylic acid groups (broad SMARTS) is 1. The molecule has 1 fully saturated rings. The maximum Gasteiger partial charge on any atom is 0.391 e. The lowest BCUT2D eigenvalue weighted by molar-refractivity contribution is -0.183. The molecule has 0 bridgehead atoms. The summed E-state index contributed by atoms with van der Waals surface area (Å²) in [5.41, 5.74) is 1.65. The fourth-order valence-corrected chi connectivity index (χ4v) is 5.16. The molecule has 4 rings (SSSR count). The van der Waals surface area contributed by atoms with E-state index in [0.717, 1.165) is 10.6 Å². The van der Waals surface area contributed by atoms with Gasteiger partial charge in [-0.15, -0.1) is 11.3 Å². The second-order valence-corrected chi connectivity index (χ2v) is 10.1. The number of halogens is 3. The van der Waals surface area contributed by atoms with Gasteiger partial charge in [-0.25, -0.2) is 9.78 Å². The van der Waals surface area contributed by atoms with E-state index in [1.807, 2.05) is 28.3 Å². The van der Waals surface area contributed by atoms with Crippen molar-refractivity contribution in [2.75, 3.05) is 5.32 Å². The fraction of sp³-hybridized carbons (Fsp3) is 0.458. The van der Waals surface area contributed by atoms with Crippen LogP contribution >= 0.6 is 11.3 Å². The largest absolute Gasteiger partial charge is 0.478 e. The third-order valence-electron chi connectivity index (χ3n) is 6.11. The molecule has 34 heavy (non-hydrogen) atoms. The van der Waals surface area contributed by atoms with E-state index in [1.54, 1.807) is 12.3 Å². The van der Waals surface area contributed by atoms with Crippen LogP contribution in [0.15, 0.2) is 35.8 Å². The zero-order valence-corrected chi connectivity index (χ0v) is 19.8. The Morgan fingerprint density at radius 3 is 2.59 bits per heavy atom. The number of thiophene rings is 1. The molecule has 2 N–H and O–H groups in total. The molecule has 3 aromatic heterocycles. The number of hydrogen-bond acceptors (Lipinski definition) is 5. The number of aromatic carboxylic acids is 1. The van der Waals surface area contributed by atoms with E-state index in [2.05, 4.69) is 29.2 Å². The van der Waals surface area contributed by atoms with Crippen LogP contribution in [-0.2, 0) is 6.42 Å². The normalized spacial score (nSPS) is 18.9. The van der Waals surface area contributed by atoms with Crippen molar-refractivity contribution in [3.63, 3.8) is 0 Å². The second-order valence-electron chi connectivity index (χ2n) is 9.14. The monoisotopic (exact) mass is 492 g/mol. The highest BCUT2D eigenvalue weighted by molar-refractivity contribution is 7.13. The minimum absolute atomic E-state index is 0.0246. The molecule has 182 valence electrons. The van der Waals surface area contributed by atoms with Crippen molar-refractivity contribution in [3.8, 4) is 10.4 Å². The molecule has 1 aliphatic rings. The van der Waals surface area contributed by atoms with E-state index in [4.69, 9.17) is 0 Å². The lowest BCUT2D eigenvalue weighted by Crippen LogP contribution is -2.29. The fourth-order valence-electron chi connectivity index (χ4n) is 4.46. The number of nitrogens with zero attached hydrogens (tertiary/aromatic N) is 3. The average molecular weight is 493 g/mol. The molecule has 3 heterocycles. The summed E-state index contributed by atoms with van der Waals surface area (Å²) in [4.78, 5) is 17.2. The highest BCUT2D eigenvalue weighted by Gasteiger charge is 2.42. The van der Waals surface area contributed by atoms with Gasteiger partial charge in [-0.1, -0.05) is 19.9 Å². The van der Waals surface area contributed by atoms with Crippen molar-refractivity contribution >= 4 is 28.9 Å². The third kappa shape index (κ3) is 5.43. The van der Waals surface area contributed by atoms with Gasteiger partial charge < -0.3 is 10.4 Å². The Morgan fingerprint density at radius 1 is 1.26 bits per heavy atom. The Bertz CT molecular complexity index is 1130. The zero-order valence-electron chi connectivity index (χ0n) is 19.0. The van der Waals surface area contributed by atoms with Crippen LogP contribution in [0.2, 0.25) is 0 Å². The predicted octanol–water partition coefficient (Wildman–Crippen LogP) is 6.94. The molecule has 0 spiro atoms. The Balaban J connectivity index is 1.59. The van der Waals surface area contributed by atoms with E-state index in [1.165, 1.54) is 11.3 Å². The summed E-state index contributed by atoms with van der Waals surface area (Å²) in [7, 11) is 0. The molecule has 1 saturated carbocycles. The number of carboxylic acids is 1. The van der Waals surface area contributed by atoms with Crippen molar-refractivity contribution in [1.29, 1.82) is 0 Å². The SMILES string of the molecule is CC(C)Cc1cc(Nc2ncc(-c3cccs3)cc2C(=O)O)nn1[C@H]1CC[C@@H](C(F)(F)F)CC1. The molecule has 10 heteroatoms. The molecule has 0 saturated heterocycles. The lowest BCUT2D eigenvalue weighted by Gasteiger charge is -2.31. The number of rotatable bonds is 7. The summed E-state index contributed by atoms with van der Waals surface area (Å²) < 4.78 is 41.1. The van der Waals surface area contributed by atoms with Gasteiger partial charge >= 0.3 is 12.1 Å². The molecule has 0 unspecified atom stereocenters. The Hall–Kier alpha value is -2.88. The first kappa shape index (κ1) is 24.3. The third-order valence-corrected chi connectivity index (χ3v) is 7.03. The molecule has 0 aromatic carbocycles. The van der Waals surface area contributed by atoms with Crippen molar-refractivity contribution < 1.29 is 23.1 Å². The maximum absolute atomic E-state index is 13.1. The summed E-state index contributed by atoms with van der Waals surface area (Å²) in [6, 6.07) is 7.09. The first-order valence-electron chi connectivity index (χ1n) is 11.3. The highest BCUT2D eigenvalue weighted by atomic mass is 32.1. The zero-order chi connectivity index (χ0) is 24.5. The quantitative estimate of drug-likeness (QED) is 0.373. The van der Waals surface area contributed by atoms with Crippen molar-refractivity contribution in [1.82, 2.24) is 14.8 Å². The van der Waals surface area contributed by atoms with Gasteiger partial charge in [0, 0.05) is 28.4 Å². The molecule has 1 aliphatic carbocycles. The number of anilines is 2. The number of carbonyl (C=O) groups is 1. The minimum Gasteiger partial charge on any atom is -0.478 e. The standard InChI is InChI=1S/C24H27F3N4O2S/c1-14(2)10-18-12-21(30-31(18)17-7-5-16(6-8-17)24(25,26)27)29-22-19(23(32)33)11-15(13-28-22)20-4-3-9-34-20/h3-4,9,11-14,16-17H,5-8,10H2,1-2H3,(H,32,33)(H,28,29,30)/t16-,17+. The van der Waals surface area contributed by atoms with Gasteiger partial charge in [-0.05, 0) is 55.5 Å². The Kier molecular flexibility index (Phi) is 6.97. The van der Waals surface area contributed by atoms with Gasteiger partial charge in [0.05, 0.1) is 12.0 Å². The van der Waals surface area contributed by atoms with Gasteiger partial charge in [-0.3, -0.25) is 4.68 Å². The summed E-state index contributed by atoms with van der Waals surface area (Å²) in [5, 5.41) is 19.3. The van der Waals surface area contributed by atoms with E-state index in [0.29, 0.717) is 36.6 Å². The van der Waals surface area contributed by atoms with E-state index in [-0.39, 0.29) is 30.3 Å². The van der Waals surface area contributed by atoms with Crippen LogP contribution in [0.4, 0.5) is 24.8 Å². The van der Waals surface area contributed by atoms with Crippen LogP contribution in [-0.4, -0.2) is 32.0 Å². The number of aromatic nitrogens is 3. The minimum atomic E-state index is -4.16. The van der Waals surface area contributed by atoms with Crippen molar-refractivity contribution in [2.24, 2.45) is 11.8 Å². The van der Waals surface area contributed by atoms with Crippen LogP contribution in [0, 0.1) is 11.8 Å². The molecule has 0 atom stereocenters. The van der Waals surface area contributed by atoms with Crippen molar-refractivity contribution in [2.45, 2.75) is 58.2 Å². The van der Waals surface area contributed by atoms with E-state index < -0.39 is 18.1 Å². The smallest absolute Gasteiger partial charge is 0.391 e. The Morgan fingerprint density at radius 2 is 2.00 bits per heavy atom. The molecular weight excluding hydrogens is 465 g/mol. The number of alkyl halides is 3. The molecule has 3 aromatic rings. The van der Waals surface area contributed by atoms with Crippen molar-refractivity contribution in [3.05, 3.63) is 47.1 Å². The number of pyridine rings is 1. The number of hydrogen-bond donors (Lipinski definition) is 2. The van der Waals surface area contributed by atoms with Gasteiger partial charge in [0.2, 0.25) is 0 Å². The van der Waals surface area contributed by atoms with Crippen LogP contribution in [0.1, 0.15) is 61.6 Å². The van der Waals surface area contributed by atoms with E-state index in [9.17, 15) is 23.1 Å². The molecule has 0 radical (unpaired) electrons.